The lowest BCUT2D eigenvalue weighted by molar-refractivity contribution is 0.0738. The molecule has 0 N–H and O–H groups in total. The molecule has 0 unspecified atom stereocenters. The summed E-state index contributed by atoms with van der Waals surface area (Å²) in [6.07, 6.45) is 5.08. The summed E-state index contributed by atoms with van der Waals surface area (Å²) in [5, 5.41) is 0.615. The Morgan fingerprint density at radius 3 is 2.32 bits per heavy atom. The van der Waals surface area contributed by atoms with Crippen LogP contribution in [0, 0.1) is 11.8 Å². The topological polar surface area (TPSA) is 20.3 Å². The fraction of sp³-hybridized carbons (Fsp3) is 0.533. The minimum Gasteiger partial charge on any atom is -0.338 e. The minimum atomic E-state index is 0.119. The van der Waals surface area contributed by atoms with Gasteiger partial charge in [0.15, 0.2) is 0 Å². The molecule has 0 bridgehead atoms. The molecule has 1 amide bonds. The van der Waals surface area contributed by atoms with Crippen molar-refractivity contribution in [2.75, 3.05) is 13.1 Å². The highest BCUT2D eigenvalue weighted by molar-refractivity contribution is 9.10. The summed E-state index contributed by atoms with van der Waals surface area (Å²) in [4.78, 5) is 14.7. The van der Waals surface area contributed by atoms with Gasteiger partial charge in [-0.15, -0.1) is 0 Å². The Hall–Kier alpha value is -0.540. The second kappa shape index (κ2) is 5.45. The highest BCUT2D eigenvalue weighted by atomic mass is 79.9. The van der Waals surface area contributed by atoms with Gasteiger partial charge in [0.1, 0.15) is 0 Å². The first-order valence-electron chi connectivity index (χ1n) is 6.88. The molecule has 19 heavy (non-hydrogen) atoms. The zero-order valence-electron chi connectivity index (χ0n) is 10.7. The molecular weight excluding hydrogens is 326 g/mol. The van der Waals surface area contributed by atoms with Crippen LogP contribution in [0.2, 0.25) is 5.02 Å². The van der Waals surface area contributed by atoms with E-state index in [0.29, 0.717) is 10.6 Å². The van der Waals surface area contributed by atoms with Gasteiger partial charge < -0.3 is 4.90 Å². The number of hydrogen-bond donors (Lipinski definition) is 0. The standard InChI is InChI=1S/C15H17BrClNO/c16-14-6-5-12(17)7-13(14)15(19)18(8-10-1-2-10)9-11-3-4-11/h5-7,10-11H,1-4,8-9H2. The van der Waals surface area contributed by atoms with Crippen molar-refractivity contribution in [3.8, 4) is 0 Å². The number of amides is 1. The monoisotopic (exact) mass is 341 g/mol. The average Bonchev–Trinajstić information content (AvgIpc) is 3.25. The van der Waals surface area contributed by atoms with Crippen LogP contribution in [0.3, 0.4) is 0 Å². The summed E-state index contributed by atoms with van der Waals surface area (Å²) in [6, 6.07) is 5.41. The van der Waals surface area contributed by atoms with E-state index in [1.165, 1.54) is 25.7 Å². The van der Waals surface area contributed by atoms with Crippen LogP contribution in [0.1, 0.15) is 36.0 Å². The minimum absolute atomic E-state index is 0.119. The van der Waals surface area contributed by atoms with Gasteiger partial charge in [0.25, 0.3) is 5.91 Å². The first kappa shape index (κ1) is 13.4. The lowest BCUT2D eigenvalue weighted by Crippen LogP contribution is -2.35. The highest BCUT2D eigenvalue weighted by Gasteiger charge is 2.32. The second-order valence-electron chi connectivity index (χ2n) is 5.72. The fourth-order valence-electron chi connectivity index (χ4n) is 2.30. The van der Waals surface area contributed by atoms with Gasteiger partial charge in [-0.2, -0.15) is 0 Å². The van der Waals surface area contributed by atoms with Crippen molar-refractivity contribution < 1.29 is 4.79 Å². The van der Waals surface area contributed by atoms with Gasteiger partial charge >= 0.3 is 0 Å². The normalized spacial score (nSPS) is 18.4. The number of halogens is 2. The Morgan fingerprint density at radius 1 is 1.21 bits per heavy atom. The van der Waals surface area contributed by atoms with Crippen molar-refractivity contribution in [2.24, 2.45) is 11.8 Å². The van der Waals surface area contributed by atoms with Gasteiger partial charge in [0.2, 0.25) is 0 Å². The smallest absolute Gasteiger partial charge is 0.255 e. The molecule has 0 atom stereocenters. The maximum absolute atomic E-state index is 12.7. The van der Waals surface area contributed by atoms with E-state index < -0.39 is 0 Å². The van der Waals surface area contributed by atoms with E-state index >= 15 is 0 Å². The van der Waals surface area contributed by atoms with E-state index in [0.717, 1.165) is 29.4 Å². The first-order valence-corrected chi connectivity index (χ1v) is 8.05. The van der Waals surface area contributed by atoms with Gasteiger partial charge in [-0.05, 0) is 71.6 Å². The predicted octanol–water partition coefficient (Wildman–Crippen LogP) is 4.36. The van der Waals surface area contributed by atoms with Crippen molar-refractivity contribution in [3.05, 3.63) is 33.3 Å². The highest BCUT2D eigenvalue weighted by Crippen LogP contribution is 2.35. The number of carbonyl (C=O) groups is 1. The van der Waals surface area contributed by atoms with Gasteiger partial charge in [0, 0.05) is 22.6 Å². The molecule has 3 rings (SSSR count). The van der Waals surface area contributed by atoms with Crippen LogP contribution in [-0.4, -0.2) is 23.9 Å². The molecule has 102 valence electrons. The molecule has 0 saturated heterocycles. The Kier molecular flexibility index (Phi) is 3.86. The first-order chi connectivity index (χ1) is 9.13. The molecule has 2 aliphatic carbocycles. The third-order valence-electron chi connectivity index (χ3n) is 3.80. The number of rotatable bonds is 5. The van der Waals surface area contributed by atoms with Crippen molar-refractivity contribution in [2.45, 2.75) is 25.7 Å². The third kappa shape index (κ3) is 3.51. The molecule has 2 fully saturated rings. The Balaban J connectivity index is 1.78. The van der Waals surface area contributed by atoms with E-state index in [1.54, 1.807) is 12.1 Å². The number of benzene rings is 1. The zero-order valence-corrected chi connectivity index (χ0v) is 13.1. The van der Waals surface area contributed by atoms with E-state index in [2.05, 4.69) is 15.9 Å². The van der Waals surface area contributed by atoms with Gasteiger partial charge in [-0.1, -0.05) is 11.6 Å². The van der Waals surface area contributed by atoms with Gasteiger partial charge in [0.05, 0.1) is 5.56 Å². The Bertz CT molecular complexity index is 483. The summed E-state index contributed by atoms with van der Waals surface area (Å²) in [5.41, 5.74) is 0.689. The third-order valence-corrected chi connectivity index (χ3v) is 4.72. The summed E-state index contributed by atoms with van der Waals surface area (Å²) in [7, 11) is 0. The fourth-order valence-corrected chi connectivity index (χ4v) is 2.88. The van der Waals surface area contributed by atoms with Crippen LogP contribution in [-0.2, 0) is 0 Å². The van der Waals surface area contributed by atoms with E-state index in [-0.39, 0.29) is 5.91 Å². The Morgan fingerprint density at radius 2 is 1.79 bits per heavy atom. The molecule has 1 aromatic carbocycles. The largest absolute Gasteiger partial charge is 0.338 e. The number of carbonyl (C=O) groups excluding carboxylic acids is 1. The number of nitrogens with zero attached hydrogens (tertiary/aromatic N) is 1. The Labute approximate surface area is 127 Å². The van der Waals surface area contributed by atoms with Crippen LogP contribution < -0.4 is 0 Å². The van der Waals surface area contributed by atoms with E-state index in [1.807, 2.05) is 11.0 Å². The molecule has 1 aromatic rings. The van der Waals surface area contributed by atoms with Crippen molar-refractivity contribution in [3.63, 3.8) is 0 Å². The molecule has 0 aromatic heterocycles. The molecule has 4 heteroatoms. The van der Waals surface area contributed by atoms with E-state index in [9.17, 15) is 4.79 Å². The van der Waals surface area contributed by atoms with Gasteiger partial charge in [-0.3, -0.25) is 4.79 Å². The zero-order chi connectivity index (χ0) is 13.4. The van der Waals surface area contributed by atoms with E-state index in [4.69, 9.17) is 11.6 Å². The van der Waals surface area contributed by atoms with Crippen molar-refractivity contribution in [1.29, 1.82) is 0 Å². The van der Waals surface area contributed by atoms with Crippen LogP contribution in [0.4, 0.5) is 0 Å². The summed E-state index contributed by atoms with van der Waals surface area (Å²) < 4.78 is 0.832. The molecule has 0 radical (unpaired) electrons. The maximum atomic E-state index is 12.7. The van der Waals surface area contributed by atoms with Crippen LogP contribution in [0.5, 0.6) is 0 Å². The number of hydrogen-bond acceptors (Lipinski definition) is 1. The van der Waals surface area contributed by atoms with Crippen LogP contribution in [0.15, 0.2) is 22.7 Å². The second-order valence-corrected chi connectivity index (χ2v) is 7.01. The van der Waals surface area contributed by atoms with Gasteiger partial charge in [-0.25, -0.2) is 0 Å². The van der Waals surface area contributed by atoms with Crippen molar-refractivity contribution in [1.82, 2.24) is 4.90 Å². The summed E-state index contributed by atoms with van der Waals surface area (Å²) in [5.74, 6) is 1.56. The predicted molar refractivity (Wildman–Crippen MR) is 80.5 cm³/mol. The SMILES string of the molecule is O=C(c1cc(Cl)ccc1Br)N(CC1CC1)CC1CC1. The lowest BCUT2D eigenvalue weighted by atomic mass is 10.2. The lowest BCUT2D eigenvalue weighted by Gasteiger charge is -2.23. The quantitative estimate of drug-likeness (QED) is 0.778. The van der Waals surface area contributed by atoms with Crippen molar-refractivity contribution >= 4 is 33.4 Å². The summed E-state index contributed by atoms with van der Waals surface area (Å²) >= 11 is 9.47. The molecule has 2 nitrogen and oxygen atoms in total. The molecule has 2 aliphatic rings. The van der Waals surface area contributed by atoms with Crippen LogP contribution >= 0.6 is 27.5 Å². The summed E-state index contributed by atoms with van der Waals surface area (Å²) in [6.45, 7) is 1.82. The molecule has 2 saturated carbocycles. The van der Waals surface area contributed by atoms with Crippen LogP contribution in [0.25, 0.3) is 0 Å². The molecule has 0 spiro atoms. The molecule has 0 heterocycles. The molecular formula is C15H17BrClNO. The molecule has 0 aliphatic heterocycles. The maximum Gasteiger partial charge on any atom is 0.255 e. The average molecular weight is 343 g/mol.